The summed E-state index contributed by atoms with van der Waals surface area (Å²) in [6.45, 7) is 4.85. The monoisotopic (exact) mass is 570 g/mol. The third-order valence-electron chi connectivity index (χ3n) is 8.03. The summed E-state index contributed by atoms with van der Waals surface area (Å²) in [5, 5.41) is 0. The summed E-state index contributed by atoms with van der Waals surface area (Å²) < 4.78 is 71.6. The number of hydrogen-bond donors (Lipinski definition) is 0. The molecule has 1 heterocycles. The van der Waals surface area contributed by atoms with Crippen LogP contribution in [0.25, 0.3) is 22.3 Å². The molecule has 0 aromatic heterocycles. The van der Waals surface area contributed by atoms with Crippen LogP contribution >= 0.6 is 0 Å². The molecule has 0 N–H and O–H groups in total. The van der Waals surface area contributed by atoms with Gasteiger partial charge in [0.25, 0.3) is 0 Å². The van der Waals surface area contributed by atoms with E-state index in [1.807, 2.05) is 0 Å². The lowest BCUT2D eigenvalue weighted by Crippen LogP contribution is -2.31. The number of unbranched alkanes of at least 4 members (excludes halogenated alkanes) is 7. The number of rotatable bonds is 14. The minimum absolute atomic E-state index is 0.106. The Balaban J connectivity index is 1.40. The summed E-state index contributed by atoms with van der Waals surface area (Å²) >= 11 is 0. The van der Waals surface area contributed by atoms with Crippen molar-refractivity contribution < 1.29 is 27.0 Å². The zero-order valence-electron chi connectivity index (χ0n) is 24.3. The molecule has 0 bridgehead atoms. The number of ether oxygens (including phenoxy) is 2. The summed E-state index contributed by atoms with van der Waals surface area (Å²) in [5.74, 6) is -3.95. The molecule has 0 unspecified atom stereocenters. The summed E-state index contributed by atoms with van der Waals surface area (Å²) in [6.07, 6.45) is 10.8. The van der Waals surface area contributed by atoms with Gasteiger partial charge in [-0.05, 0) is 47.9 Å². The topological polar surface area (TPSA) is 18.5 Å². The average Bonchev–Trinajstić information content (AvgIpc) is 2.99. The Labute approximate surface area is 242 Å². The Morgan fingerprint density at radius 1 is 0.585 bits per heavy atom. The first-order valence-corrected chi connectivity index (χ1v) is 15.2. The van der Waals surface area contributed by atoms with Gasteiger partial charge in [0.1, 0.15) is 0 Å². The SMILES string of the molecule is CCCCCCCC1OCC(c2ccc(-c3ccc(-c4ccc(CCCCCC)c(F)c4F)cc3)c(F)c2F)CO1. The first-order valence-electron chi connectivity index (χ1n) is 15.2. The normalized spacial score (nSPS) is 17.2. The van der Waals surface area contributed by atoms with Crippen LogP contribution in [-0.4, -0.2) is 19.5 Å². The van der Waals surface area contributed by atoms with Crippen LogP contribution in [-0.2, 0) is 15.9 Å². The fraction of sp³-hybridized carbons (Fsp3) is 0.486. The van der Waals surface area contributed by atoms with Gasteiger partial charge in [0.15, 0.2) is 29.6 Å². The quantitative estimate of drug-likeness (QED) is 0.142. The maximum Gasteiger partial charge on any atom is 0.166 e. The van der Waals surface area contributed by atoms with E-state index in [1.54, 1.807) is 48.5 Å². The number of halogens is 4. The third-order valence-corrected chi connectivity index (χ3v) is 8.03. The van der Waals surface area contributed by atoms with E-state index in [4.69, 9.17) is 9.47 Å². The van der Waals surface area contributed by atoms with Gasteiger partial charge in [-0.25, -0.2) is 17.6 Å². The van der Waals surface area contributed by atoms with Crippen LogP contribution in [0.15, 0.2) is 48.5 Å². The molecule has 4 rings (SSSR count). The third kappa shape index (κ3) is 7.98. The molecule has 0 atom stereocenters. The molecule has 6 heteroatoms. The molecule has 1 fully saturated rings. The van der Waals surface area contributed by atoms with Gasteiger partial charge < -0.3 is 9.47 Å². The average molecular weight is 571 g/mol. The highest BCUT2D eigenvalue weighted by Gasteiger charge is 2.27. The number of hydrogen-bond acceptors (Lipinski definition) is 2. The predicted molar refractivity (Wildman–Crippen MR) is 157 cm³/mol. The Kier molecular flexibility index (Phi) is 11.8. The van der Waals surface area contributed by atoms with Gasteiger partial charge in [0, 0.05) is 17.0 Å². The van der Waals surface area contributed by atoms with Gasteiger partial charge in [-0.1, -0.05) is 107 Å². The molecule has 3 aromatic rings. The number of benzene rings is 3. The van der Waals surface area contributed by atoms with E-state index in [2.05, 4.69) is 13.8 Å². The lowest BCUT2D eigenvalue weighted by molar-refractivity contribution is -0.190. The molecule has 2 nitrogen and oxygen atoms in total. The van der Waals surface area contributed by atoms with Crippen molar-refractivity contribution >= 4 is 0 Å². The van der Waals surface area contributed by atoms with Crippen LogP contribution in [0, 0.1) is 23.3 Å². The molecule has 0 spiro atoms. The van der Waals surface area contributed by atoms with Crippen molar-refractivity contribution in [2.45, 2.75) is 96.7 Å². The van der Waals surface area contributed by atoms with Crippen LogP contribution < -0.4 is 0 Å². The summed E-state index contributed by atoms with van der Waals surface area (Å²) in [6, 6.07) is 12.8. The minimum Gasteiger partial charge on any atom is -0.352 e. The molecule has 1 saturated heterocycles. The van der Waals surface area contributed by atoms with Crippen molar-refractivity contribution in [3.63, 3.8) is 0 Å². The fourth-order valence-electron chi connectivity index (χ4n) is 5.48. The Morgan fingerprint density at radius 2 is 1.12 bits per heavy atom. The molecule has 0 amide bonds. The molecule has 3 aromatic carbocycles. The molecule has 0 radical (unpaired) electrons. The lowest BCUT2D eigenvalue weighted by Gasteiger charge is -2.30. The van der Waals surface area contributed by atoms with Crippen molar-refractivity contribution in [3.8, 4) is 22.3 Å². The smallest absolute Gasteiger partial charge is 0.166 e. The van der Waals surface area contributed by atoms with E-state index in [1.165, 1.54) is 19.3 Å². The van der Waals surface area contributed by atoms with Crippen molar-refractivity contribution in [1.82, 2.24) is 0 Å². The Bertz CT molecular complexity index is 1250. The summed E-state index contributed by atoms with van der Waals surface area (Å²) in [4.78, 5) is 0. The van der Waals surface area contributed by atoms with Crippen molar-refractivity contribution in [2.75, 3.05) is 13.2 Å². The minimum atomic E-state index is -0.946. The zero-order valence-corrected chi connectivity index (χ0v) is 24.3. The van der Waals surface area contributed by atoms with Gasteiger partial charge in [-0.3, -0.25) is 0 Å². The van der Waals surface area contributed by atoms with E-state index in [0.717, 1.165) is 44.9 Å². The first kappa shape index (κ1) is 31.2. The van der Waals surface area contributed by atoms with E-state index < -0.39 is 23.3 Å². The van der Waals surface area contributed by atoms with Gasteiger partial charge in [-0.2, -0.15) is 0 Å². The highest BCUT2D eigenvalue weighted by atomic mass is 19.2. The fourth-order valence-corrected chi connectivity index (χ4v) is 5.48. The highest BCUT2D eigenvalue weighted by Crippen LogP contribution is 2.34. The highest BCUT2D eigenvalue weighted by molar-refractivity contribution is 5.71. The van der Waals surface area contributed by atoms with Gasteiger partial charge in [0.05, 0.1) is 13.2 Å². The zero-order chi connectivity index (χ0) is 29.2. The first-order chi connectivity index (χ1) is 19.9. The maximum absolute atomic E-state index is 15.2. The summed E-state index contributed by atoms with van der Waals surface area (Å²) in [7, 11) is 0. The van der Waals surface area contributed by atoms with E-state index >= 15 is 8.78 Å². The second kappa shape index (κ2) is 15.5. The van der Waals surface area contributed by atoms with E-state index in [-0.39, 0.29) is 42.1 Å². The largest absolute Gasteiger partial charge is 0.352 e. The Hall–Kier alpha value is -2.70. The molecule has 0 aliphatic carbocycles. The van der Waals surface area contributed by atoms with Gasteiger partial charge >= 0.3 is 0 Å². The maximum atomic E-state index is 15.2. The molecule has 1 aliphatic heterocycles. The summed E-state index contributed by atoms with van der Waals surface area (Å²) in [5.41, 5.74) is 1.78. The van der Waals surface area contributed by atoms with Crippen LogP contribution in [0.5, 0.6) is 0 Å². The molecular weight excluding hydrogens is 528 g/mol. The van der Waals surface area contributed by atoms with E-state index in [9.17, 15) is 8.78 Å². The molecule has 41 heavy (non-hydrogen) atoms. The van der Waals surface area contributed by atoms with Crippen molar-refractivity contribution in [2.24, 2.45) is 0 Å². The molecular formula is C35H42F4O2. The second-order valence-corrected chi connectivity index (χ2v) is 11.1. The standard InChI is InChI=1S/C35H42F4O2/c1-3-5-7-9-11-13-31-40-22-27(23-41-31)30-21-20-29(34(38)35(30)39)25-16-14-24(15-17-25)28-19-18-26(32(36)33(28)37)12-10-8-6-4-2/h14-21,27,31H,3-13,22-23H2,1-2H3. The van der Waals surface area contributed by atoms with Gasteiger partial charge in [-0.15, -0.1) is 0 Å². The van der Waals surface area contributed by atoms with Crippen molar-refractivity contribution in [1.29, 1.82) is 0 Å². The van der Waals surface area contributed by atoms with Gasteiger partial charge in [0.2, 0.25) is 0 Å². The Morgan fingerprint density at radius 3 is 1.73 bits per heavy atom. The number of aryl methyl sites for hydroxylation is 1. The molecule has 0 saturated carbocycles. The van der Waals surface area contributed by atoms with Crippen LogP contribution in [0.2, 0.25) is 0 Å². The second-order valence-electron chi connectivity index (χ2n) is 11.1. The predicted octanol–water partition coefficient (Wildman–Crippen LogP) is 10.5. The van der Waals surface area contributed by atoms with Crippen LogP contribution in [0.1, 0.15) is 95.1 Å². The molecule has 222 valence electrons. The van der Waals surface area contributed by atoms with Crippen LogP contribution in [0.4, 0.5) is 17.6 Å². The lowest BCUT2D eigenvalue weighted by atomic mass is 9.94. The van der Waals surface area contributed by atoms with Crippen LogP contribution in [0.3, 0.4) is 0 Å². The van der Waals surface area contributed by atoms with Crippen molar-refractivity contribution in [3.05, 3.63) is 82.9 Å². The molecule has 1 aliphatic rings. The van der Waals surface area contributed by atoms with E-state index in [0.29, 0.717) is 23.1 Å².